The molecule has 0 spiro atoms. The SMILES string of the molecule is Oc1cnn2c1CCCC2. The van der Waals surface area contributed by atoms with E-state index in [1.54, 1.807) is 0 Å². The van der Waals surface area contributed by atoms with Crippen LogP contribution >= 0.6 is 0 Å². The molecule has 2 rings (SSSR count). The van der Waals surface area contributed by atoms with Crippen molar-refractivity contribution in [3.05, 3.63) is 11.9 Å². The molecule has 1 aliphatic heterocycles. The third kappa shape index (κ3) is 0.701. The fourth-order valence-corrected chi connectivity index (χ4v) is 1.40. The first kappa shape index (κ1) is 5.77. The molecule has 0 fully saturated rings. The van der Waals surface area contributed by atoms with Crippen LogP contribution in [0.15, 0.2) is 6.20 Å². The van der Waals surface area contributed by atoms with Crippen molar-refractivity contribution in [1.29, 1.82) is 0 Å². The zero-order valence-electron chi connectivity index (χ0n) is 5.75. The lowest BCUT2D eigenvalue weighted by molar-refractivity contribution is 0.439. The minimum Gasteiger partial charge on any atom is -0.504 e. The van der Waals surface area contributed by atoms with Crippen LogP contribution in [-0.4, -0.2) is 14.9 Å². The van der Waals surface area contributed by atoms with Crippen LogP contribution < -0.4 is 0 Å². The Hall–Kier alpha value is -0.990. The van der Waals surface area contributed by atoms with E-state index in [4.69, 9.17) is 0 Å². The zero-order chi connectivity index (χ0) is 6.97. The van der Waals surface area contributed by atoms with Gasteiger partial charge in [0.15, 0.2) is 5.75 Å². The molecule has 3 nitrogen and oxygen atoms in total. The molecular weight excluding hydrogens is 128 g/mol. The van der Waals surface area contributed by atoms with Gasteiger partial charge in [-0.25, -0.2) is 0 Å². The molecule has 54 valence electrons. The molecule has 1 aromatic rings. The highest BCUT2D eigenvalue weighted by Crippen LogP contribution is 2.22. The van der Waals surface area contributed by atoms with Gasteiger partial charge in [0.25, 0.3) is 0 Å². The monoisotopic (exact) mass is 138 g/mol. The van der Waals surface area contributed by atoms with E-state index >= 15 is 0 Å². The van der Waals surface area contributed by atoms with Gasteiger partial charge < -0.3 is 5.11 Å². The number of aromatic hydroxyl groups is 1. The Labute approximate surface area is 59.3 Å². The van der Waals surface area contributed by atoms with Crippen molar-refractivity contribution in [2.75, 3.05) is 0 Å². The van der Waals surface area contributed by atoms with Gasteiger partial charge in [-0.3, -0.25) is 4.68 Å². The molecule has 3 heteroatoms. The normalized spacial score (nSPS) is 16.8. The number of aryl methyl sites for hydroxylation is 1. The van der Waals surface area contributed by atoms with Crippen molar-refractivity contribution >= 4 is 0 Å². The number of hydrogen-bond donors (Lipinski definition) is 1. The van der Waals surface area contributed by atoms with Crippen LogP contribution in [0.4, 0.5) is 0 Å². The van der Waals surface area contributed by atoms with E-state index < -0.39 is 0 Å². The Balaban J connectivity index is 2.45. The van der Waals surface area contributed by atoms with Gasteiger partial charge in [0.2, 0.25) is 0 Å². The lowest BCUT2D eigenvalue weighted by Gasteiger charge is -2.12. The van der Waals surface area contributed by atoms with Crippen molar-refractivity contribution in [3.63, 3.8) is 0 Å². The minimum absolute atomic E-state index is 0.361. The number of rotatable bonds is 0. The van der Waals surface area contributed by atoms with Crippen LogP contribution in [-0.2, 0) is 13.0 Å². The predicted octanol–water partition coefficient (Wildman–Crippen LogP) is 0.925. The summed E-state index contributed by atoms with van der Waals surface area (Å²) in [4.78, 5) is 0. The minimum atomic E-state index is 0.361. The van der Waals surface area contributed by atoms with Gasteiger partial charge in [0.1, 0.15) is 0 Å². The smallest absolute Gasteiger partial charge is 0.156 e. The molecule has 0 amide bonds. The fraction of sp³-hybridized carbons (Fsp3) is 0.571. The molecule has 1 N–H and O–H groups in total. The second-order valence-electron chi connectivity index (χ2n) is 2.66. The lowest BCUT2D eigenvalue weighted by atomic mass is 10.1. The highest BCUT2D eigenvalue weighted by molar-refractivity contribution is 5.23. The molecule has 0 aromatic carbocycles. The Kier molecular flexibility index (Phi) is 1.16. The molecule has 0 radical (unpaired) electrons. The average Bonchev–Trinajstić information content (AvgIpc) is 2.34. The third-order valence-corrected chi connectivity index (χ3v) is 1.96. The summed E-state index contributed by atoms with van der Waals surface area (Å²) in [6.07, 6.45) is 4.87. The number of hydrogen-bond acceptors (Lipinski definition) is 2. The third-order valence-electron chi connectivity index (χ3n) is 1.96. The van der Waals surface area contributed by atoms with E-state index in [0.29, 0.717) is 5.75 Å². The largest absolute Gasteiger partial charge is 0.504 e. The molecule has 0 atom stereocenters. The molecule has 0 saturated heterocycles. The van der Waals surface area contributed by atoms with Gasteiger partial charge in [-0.15, -0.1) is 0 Å². The Bertz CT molecular complexity index is 242. The number of nitrogens with zero attached hydrogens (tertiary/aromatic N) is 2. The lowest BCUT2D eigenvalue weighted by Crippen LogP contribution is -2.10. The van der Waals surface area contributed by atoms with E-state index in [2.05, 4.69) is 5.10 Å². The standard InChI is InChI=1S/C7H10N2O/c10-7-5-8-9-4-2-1-3-6(7)9/h5,10H,1-4H2. The van der Waals surface area contributed by atoms with Crippen LogP contribution in [0.1, 0.15) is 18.5 Å². The molecule has 0 aliphatic carbocycles. The first-order valence-electron chi connectivity index (χ1n) is 3.61. The summed E-state index contributed by atoms with van der Waals surface area (Å²) in [5.41, 5.74) is 1.01. The summed E-state index contributed by atoms with van der Waals surface area (Å²) in [5.74, 6) is 0.361. The maximum Gasteiger partial charge on any atom is 0.156 e. The molecule has 0 bridgehead atoms. The van der Waals surface area contributed by atoms with E-state index in [-0.39, 0.29) is 0 Å². The summed E-state index contributed by atoms with van der Waals surface area (Å²) >= 11 is 0. The summed E-state index contributed by atoms with van der Waals surface area (Å²) in [6.45, 7) is 0.968. The topological polar surface area (TPSA) is 38.1 Å². The maximum absolute atomic E-state index is 9.21. The molecule has 0 unspecified atom stereocenters. The van der Waals surface area contributed by atoms with Gasteiger partial charge in [-0.05, 0) is 19.3 Å². The molecule has 1 aliphatic rings. The molecular formula is C7H10N2O. The van der Waals surface area contributed by atoms with E-state index in [0.717, 1.165) is 18.7 Å². The second-order valence-corrected chi connectivity index (χ2v) is 2.66. The van der Waals surface area contributed by atoms with Gasteiger partial charge in [0, 0.05) is 6.54 Å². The summed E-state index contributed by atoms with van der Waals surface area (Å²) < 4.78 is 1.89. The Morgan fingerprint density at radius 1 is 1.50 bits per heavy atom. The zero-order valence-corrected chi connectivity index (χ0v) is 5.75. The van der Waals surface area contributed by atoms with Crippen LogP contribution in [0.5, 0.6) is 5.75 Å². The molecule has 2 heterocycles. The summed E-state index contributed by atoms with van der Waals surface area (Å²) in [7, 11) is 0. The van der Waals surface area contributed by atoms with Gasteiger partial charge >= 0.3 is 0 Å². The second kappa shape index (κ2) is 2.01. The molecule has 10 heavy (non-hydrogen) atoms. The highest BCUT2D eigenvalue weighted by Gasteiger charge is 2.12. The van der Waals surface area contributed by atoms with Crippen molar-refractivity contribution < 1.29 is 5.11 Å². The van der Waals surface area contributed by atoms with Gasteiger partial charge in [0.05, 0.1) is 11.9 Å². The first-order valence-corrected chi connectivity index (χ1v) is 3.61. The van der Waals surface area contributed by atoms with E-state index in [1.807, 2.05) is 4.68 Å². The maximum atomic E-state index is 9.21. The van der Waals surface area contributed by atoms with E-state index in [9.17, 15) is 5.11 Å². The van der Waals surface area contributed by atoms with E-state index in [1.165, 1.54) is 19.0 Å². The van der Waals surface area contributed by atoms with Crippen LogP contribution in [0.2, 0.25) is 0 Å². The molecule has 0 saturated carbocycles. The number of aromatic nitrogens is 2. The van der Waals surface area contributed by atoms with Crippen molar-refractivity contribution in [2.24, 2.45) is 0 Å². The first-order chi connectivity index (χ1) is 4.88. The summed E-state index contributed by atoms with van der Waals surface area (Å²) in [6, 6.07) is 0. The Morgan fingerprint density at radius 2 is 2.40 bits per heavy atom. The number of fused-ring (bicyclic) bond motifs is 1. The van der Waals surface area contributed by atoms with Gasteiger partial charge in [-0.2, -0.15) is 5.10 Å². The van der Waals surface area contributed by atoms with Crippen LogP contribution in [0, 0.1) is 0 Å². The van der Waals surface area contributed by atoms with Crippen LogP contribution in [0.3, 0.4) is 0 Å². The van der Waals surface area contributed by atoms with Gasteiger partial charge in [-0.1, -0.05) is 0 Å². The predicted molar refractivity (Wildman–Crippen MR) is 36.8 cm³/mol. The van der Waals surface area contributed by atoms with Crippen molar-refractivity contribution in [2.45, 2.75) is 25.8 Å². The average molecular weight is 138 g/mol. The van der Waals surface area contributed by atoms with Crippen molar-refractivity contribution in [1.82, 2.24) is 9.78 Å². The van der Waals surface area contributed by atoms with Crippen molar-refractivity contribution in [3.8, 4) is 5.75 Å². The summed E-state index contributed by atoms with van der Waals surface area (Å²) in [5, 5.41) is 13.2. The highest BCUT2D eigenvalue weighted by atomic mass is 16.3. The Morgan fingerprint density at radius 3 is 3.20 bits per heavy atom. The fourth-order valence-electron chi connectivity index (χ4n) is 1.40. The quantitative estimate of drug-likeness (QED) is 0.579. The molecule has 1 aromatic heterocycles. The van der Waals surface area contributed by atoms with Crippen LogP contribution in [0.25, 0.3) is 0 Å².